The molecule has 0 bridgehead atoms. The van der Waals surface area contributed by atoms with Gasteiger partial charge in [-0.1, -0.05) is 6.07 Å². The van der Waals surface area contributed by atoms with E-state index < -0.39 is 0 Å². The van der Waals surface area contributed by atoms with Crippen molar-refractivity contribution in [1.29, 1.82) is 0 Å². The standard InChI is InChI=1S/C24H24FN5O/c25-19-4-1-5-20(13-19)27-22-14-21(18-3-2-10-26-15-18)28-23(29-22)16-8-11-30(12-9-16)24(31)17-6-7-17/h1-5,10,13-17H,6-9,11-12H2,(H,27,28,29). The Hall–Kier alpha value is -3.35. The van der Waals surface area contributed by atoms with E-state index in [0.29, 0.717) is 17.4 Å². The number of aromatic nitrogens is 3. The first-order chi connectivity index (χ1) is 15.2. The van der Waals surface area contributed by atoms with Gasteiger partial charge in [-0.15, -0.1) is 0 Å². The number of carbonyl (C=O) groups excluding carboxylic acids is 1. The first kappa shape index (κ1) is 19.6. The molecule has 1 aliphatic carbocycles. The van der Waals surface area contributed by atoms with Gasteiger partial charge < -0.3 is 10.2 Å². The van der Waals surface area contributed by atoms with Crippen LogP contribution in [-0.2, 0) is 4.79 Å². The molecule has 3 heterocycles. The predicted molar refractivity (Wildman–Crippen MR) is 116 cm³/mol. The molecular formula is C24H24FN5O. The van der Waals surface area contributed by atoms with Gasteiger partial charge in [0.25, 0.3) is 0 Å². The van der Waals surface area contributed by atoms with Gasteiger partial charge in [-0.05, 0) is 56.0 Å². The number of rotatable bonds is 5. The van der Waals surface area contributed by atoms with Crippen LogP contribution in [0.5, 0.6) is 0 Å². The smallest absolute Gasteiger partial charge is 0.225 e. The molecule has 6 nitrogen and oxygen atoms in total. The molecule has 7 heteroatoms. The van der Waals surface area contributed by atoms with Crippen molar-refractivity contribution >= 4 is 17.4 Å². The van der Waals surface area contributed by atoms with Crippen molar-refractivity contribution in [2.45, 2.75) is 31.6 Å². The van der Waals surface area contributed by atoms with Crippen molar-refractivity contribution in [3.63, 3.8) is 0 Å². The molecule has 2 aliphatic rings. The number of anilines is 2. The molecule has 3 aromatic rings. The van der Waals surface area contributed by atoms with Gasteiger partial charge in [0.1, 0.15) is 17.5 Å². The highest BCUT2D eigenvalue weighted by molar-refractivity contribution is 5.81. The van der Waals surface area contributed by atoms with Crippen molar-refractivity contribution in [3.05, 3.63) is 66.5 Å². The summed E-state index contributed by atoms with van der Waals surface area (Å²) in [6, 6.07) is 12.0. The van der Waals surface area contributed by atoms with Crippen LogP contribution in [0.1, 0.15) is 37.4 Å². The Morgan fingerprint density at radius 3 is 2.58 bits per heavy atom. The molecule has 0 unspecified atom stereocenters. The van der Waals surface area contributed by atoms with Crippen LogP contribution in [0, 0.1) is 11.7 Å². The first-order valence-electron chi connectivity index (χ1n) is 10.8. The topological polar surface area (TPSA) is 71.0 Å². The number of nitrogens with zero attached hydrogens (tertiary/aromatic N) is 4. The second-order valence-corrected chi connectivity index (χ2v) is 8.25. The Kier molecular flexibility index (Phi) is 5.32. The third kappa shape index (κ3) is 4.55. The summed E-state index contributed by atoms with van der Waals surface area (Å²) < 4.78 is 13.6. The molecular weight excluding hydrogens is 393 g/mol. The number of carbonyl (C=O) groups is 1. The largest absolute Gasteiger partial charge is 0.342 e. The molecule has 1 aliphatic heterocycles. The summed E-state index contributed by atoms with van der Waals surface area (Å²) in [4.78, 5) is 28.2. The number of piperidine rings is 1. The van der Waals surface area contributed by atoms with E-state index in [2.05, 4.69) is 10.3 Å². The number of amides is 1. The van der Waals surface area contributed by atoms with Crippen molar-refractivity contribution < 1.29 is 9.18 Å². The van der Waals surface area contributed by atoms with Crippen LogP contribution >= 0.6 is 0 Å². The monoisotopic (exact) mass is 417 g/mol. The molecule has 158 valence electrons. The molecule has 0 radical (unpaired) electrons. The lowest BCUT2D eigenvalue weighted by Gasteiger charge is -2.31. The normalized spacial score (nSPS) is 16.9. The van der Waals surface area contributed by atoms with Gasteiger partial charge in [0.2, 0.25) is 5.91 Å². The molecule has 0 atom stereocenters. The van der Waals surface area contributed by atoms with Crippen LogP contribution in [0.2, 0.25) is 0 Å². The average Bonchev–Trinajstić information content (AvgIpc) is 3.65. The van der Waals surface area contributed by atoms with E-state index in [0.717, 1.165) is 55.9 Å². The molecule has 31 heavy (non-hydrogen) atoms. The highest BCUT2D eigenvalue weighted by Crippen LogP contribution is 2.34. The quantitative estimate of drug-likeness (QED) is 0.660. The van der Waals surface area contributed by atoms with Crippen LogP contribution in [0.4, 0.5) is 15.9 Å². The number of pyridine rings is 1. The lowest BCUT2D eigenvalue weighted by atomic mass is 9.95. The fourth-order valence-corrected chi connectivity index (χ4v) is 4.04. The van der Waals surface area contributed by atoms with Crippen LogP contribution < -0.4 is 5.32 Å². The van der Waals surface area contributed by atoms with Gasteiger partial charge in [0, 0.05) is 54.6 Å². The Labute approximate surface area is 180 Å². The highest BCUT2D eigenvalue weighted by atomic mass is 19.1. The Balaban J connectivity index is 1.41. The van der Waals surface area contributed by atoms with E-state index in [4.69, 9.17) is 9.97 Å². The zero-order valence-corrected chi connectivity index (χ0v) is 17.2. The zero-order valence-electron chi connectivity index (χ0n) is 17.2. The molecule has 2 aromatic heterocycles. The summed E-state index contributed by atoms with van der Waals surface area (Å²) in [5.74, 6) is 1.79. The second kappa shape index (κ2) is 8.41. The van der Waals surface area contributed by atoms with E-state index in [1.807, 2.05) is 23.1 Å². The van der Waals surface area contributed by atoms with Gasteiger partial charge >= 0.3 is 0 Å². The van der Waals surface area contributed by atoms with Crippen LogP contribution in [0.15, 0.2) is 54.9 Å². The lowest BCUT2D eigenvalue weighted by molar-refractivity contribution is -0.133. The van der Waals surface area contributed by atoms with Crippen molar-refractivity contribution in [2.24, 2.45) is 5.92 Å². The minimum absolute atomic E-state index is 0.174. The Morgan fingerprint density at radius 1 is 1.03 bits per heavy atom. The number of nitrogens with one attached hydrogen (secondary N) is 1. The van der Waals surface area contributed by atoms with E-state index in [9.17, 15) is 9.18 Å². The van der Waals surface area contributed by atoms with Gasteiger partial charge in [-0.2, -0.15) is 0 Å². The van der Waals surface area contributed by atoms with Crippen LogP contribution in [0.25, 0.3) is 11.3 Å². The minimum atomic E-state index is -0.306. The molecule has 1 saturated carbocycles. The highest BCUT2D eigenvalue weighted by Gasteiger charge is 2.35. The van der Waals surface area contributed by atoms with Gasteiger partial charge in [-0.3, -0.25) is 9.78 Å². The van der Waals surface area contributed by atoms with E-state index in [1.165, 1.54) is 12.1 Å². The third-order valence-corrected chi connectivity index (χ3v) is 5.90. The average molecular weight is 417 g/mol. The van der Waals surface area contributed by atoms with Crippen LogP contribution in [-0.4, -0.2) is 38.8 Å². The van der Waals surface area contributed by atoms with Gasteiger partial charge in [-0.25, -0.2) is 14.4 Å². The first-order valence-corrected chi connectivity index (χ1v) is 10.8. The molecule has 2 fully saturated rings. The summed E-state index contributed by atoms with van der Waals surface area (Å²) >= 11 is 0. The number of hydrogen-bond acceptors (Lipinski definition) is 5. The number of halogens is 1. The van der Waals surface area contributed by atoms with E-state index >= 15 is 0 Å². The summed E-state index contributed by atoms with van der Waals surface area (Å²) in [5, 5.41) is 3.21. The minimum Gasteiger partial charge on any atom is -0.342 e. The van der Waals surface area contributed by atoms with Crippen molar-refractivity contribution in [3.8, 4) is 11.3 Å². The molecule has 1 N–H and O–H groups in total. The lowest BCUT2D eigenvalue weighted by Crippen LogP contribution is -2.39. The SMILES string of the molecule is O=C(C1CC1)N1CCC(c2nc(Nc3cccc(F)c3)cc(-c3cccnc3)n2)CC1. The fourth-order valence-electron chi connectivity index (χ4n) is 4.04. The maximum atomic E-state index is 13.6. The zero-order chi connectivity index (χ0) is 21.2. The van der Waals surface area contributed by atoms with E-state index in [1.54, 1.807) is 24.5 Å². The number of hydrogen-bond donors (Lipinski definition) is 1. The van der Waals surface area contributed by atoms with Crippen molar-refractivity contribution in [2.75, 3.05) is 18.4 Å². The molecule has 5 rings (SSSR count). The Morgan fingerprint density at radius 2 is 1.87 bits per heavy atom. The summed E-state index contributed by atoms with van der Waals surface area (Å²) in [6.07, 6.45) is 7.25. The summed E-state index contributed by atoms with van der Waals surface area (Å²) in [7, 11) is 0. The Bertz CT molecular complexity index is 1080. The van der Waals surface area contributed by atoms with Gasteiger partial charge in [0.05, 0.1) is 5.69 Å². The van der Waals surface area contributed by atoms with Crippen LogP contribution in [0.3, 0.4) is 0 Å². The van der Waals surface area contributed by atoms with E-state index in [-0.39, 0.29) is 17.7 Å². The fraction of sp³-hybridized carbons (Fsp3) is 0.333. The number of likely N-dealkylation sites (tertiary alicyclic amines) is 1. The molecule has 1 amide bonds. The maximum Gasteiger partial charge on any atom is 0.225 e. The second-order valence-electron chi connectivity index (χ2n) is 8.25. The molecule has 1 saturated heterocycles. The summed E-state index contributed by atoms with van der Waals surface area (Å²) in [6.45, 7) is 1.49. The summed E-state index contributed by atoms with van der Waals surface area (Å²) in [5.41, 5.74) is 2.30. The number of benzene rings is 1. The molecule has 1 aromatic carbocycles. The predicted octanol–water partition coefficient (Wildman–Crippen LogP) is 4.54. The van der Waals surface area contributed by atoms with Gasteiger partial charge in [0.15, 0.2) is 0 Å². The third-order valence-electron chi connectivity index (χ3n) is 5.90. The van der Waals surface area contributed by atoms with Crippen molar-refractivity contribution in [1.82, 2.24) is 19.9 Å². The maximum absolute atomic E-state index is 13.6. The molecule has 0 spiro atoms.